The third-order valence-corrected chi connectivity index (χ3v) is 7.97. The normalized spacial score (nSPS) is 54.6. The van der Waals surface area contributed by atoms with Gasteiger partial charge in [0, 0.05) is 8.07 Å². The second kappa shape index (κ2) is 3.10. The standard InChI is InChI=1S/C16H26Si/c1-17(2,3)10-16-13-8-9-14(16)15(16)12-7-5-4-6-11(12)13/h8-9,11-15H,4-7,10H2,1-3H3/t11?,12?,13?,14?,15?,16-/m0/s1. The Balaban J connectivity index is 1.67. The van der Waals surface area contributed by atoms with E-state index in [9.17, 15) is 0 Å². The number of hydrogen-bond acceptors (Lipinski definition) is 0. The van der Waals surface area contributed by atoms with Gasteiger partial charge in [-0.3, -0.25) is 0 Å². The summed E-state index contributed by atoms with van der Waals surface area (Å²) >= 11 is 0. The van der Waals surface area contributed by atoms with Gasteiger partial charge in [0.1, 0.15) is 0 Å². The first-order valence-corrected chi connectivity index (χ1v) is 11.4. The minimum absolute atomic E-state index is 0.810. The number of hydrogen-bond donors (Lipinski definition) is 0. The number of allylic oxidation sites excluding steroid dienone is 2. The van der Waals surface area contributed by atoms with Gasteiger partial charge in [-0.05, 0) is 47.8 Å². The van der Waals surface area contributed by atoms with Gasteiger partial charge in [-0.15, -0.1) is 0 Å². The molecule has 0 bridgehead atoms. The molecule has 94 valence electrons. The highest BCUT2D eigenvalue weighted by atomic mass is 28.3. The lowest BCUT2D eigenvalue weighted by Gasteiger charge is -2.33. The zero-order chi connectivity index (χ0) is 11.8. The fraction of sp³-hybridized carbons (Fsp3) is 0.875. The first-order valence-electron chi connectivity index (χ1n) is 7.72. The van der Waals surface area contributed by atoms with Gasteiger partial charge in [0.05, 0.1) is 0 Å². The molecule has 4 rings (SSSR count). The largest absolute Gasteiger partial charge is 0.0842 e. The summed E-state index contributed by atoms with van der Waals surface area (Å²) < 4.78 is 0. The monoisotopic (exact) mass is 246 g/mol. The van der Waals surface area contributed by atoms with Crippen LogP contribution in [0.25, 0.3) is 0 Å². The van der Waals surface area contributed by atoms with Gasteiger partial charge in [0.15, 0.2) is 0 Å². The van der Waals surface area contributed by atoms with Crippen molar-refractivity contribution in [1.82, 2.24) is 0 Å². The fourth-order valence-electron chi connectivity index (χ4n) is 6.24. The Morgan fingerprint density at radius 1 is 1.00 bits per heavy atom. The minimum atomic E-state index is -0.901. The Morgan fingerprint density at radius 3 is 2.35 bits per heavy atom. The molecule has 0 heterocycles. The summed E-state index contributed by atoms with van der Waals surface area (Å²) in [5.74, 6) is 5.40. The van der Waals surface area contributed by atoms with Crippen LogP contribution in [0, 0.1) is 35.0 Å². The molecular weight excluding hydrogens is 220 g/mol. The molecule has 0 amide bonds. The van der Waals surface area contributed by atoms with E-state index < -0.39 is 8.07 Å². The Morgan fingerprint density at radius 2 is 1.65 bits per heavy atom. The van der Waals surface area contributed by atoms with E-state index in [1.165, 1.54) is 12.8 Å². The molecule has 4 aliphatic carbocycles. The molecule has 0 spiro atoms. The molecule has 0 aromatic rings. The van der Waals surface area contributed by atoms with Crippen LogP contribution in [0.5, 0.6) is 0 Å². The predicted octanol–water partition coefficient (Wildman–Crippen LogP) is 4.56. The second-order valence-electron chi connectivity index (χ2n) is 8.42. The van der Waals surface area contributed by atoms with Gasteiger partial charge in [-0.25, -0.2) is 0 Å². The summed E-state index contributed by atoms with van der Waals surface area (Å²) in [6.45, 7) is 7.75. The van der Waals surface area contributed by atoms with Crippen molar-refractivity contribution in [3.8, 4) is 0 Å². The lowest BCUT2D eigenvalue weighted by molar-refractivity contribution is 0.199. The van der Waals surface area contributed by atoms with Crippen LogP contribution < -0.4 is 0 Å². The van der Waals surface area contributed by atoms with Gasteiger partial charge in [0.25, 0.3) is 0 Å². The maximum Gasteiger partial charge on any atom is 0.0448 e. The lowest BCUT2D eigenvalue weighted by atomic mass is 9.74. The van der Waals surface area contributed by atoms with Crippen molar-refractivity contribution in [2.75, 3.05) is 0 Å². The molecule has 17 heavy (non-hydrogen) atoms. The second-order valence-corrected chi connectivity index (χ2v) is 13.9. The summed E-state index contributed by atoms with van der Waals surface area (Å²) in [6.07, 6.45) is 11.4. The molecule has 0 N–H and O–H groups in total. The Labute approximate surface area is 107 Å². The van der Waals surface area contributed by atoms with E-state index in [2.05, 4.69) is 31.8 Å². The first kappa shape index (κ1) is 10.8. The number of rotatable bonds is 2. The summed E-state index contributed by atoms with van der Waals surface area (Å²) in [7, 11) is -0.901. The van der Waals surface area contributed by atoms with E-state index in [4.69, 9.17) is 0 Å². The third kappa shape index (κ3) is 1.25. The van der Waals surface area contributed by atoms with Crippen LogP contribution in [-0.2, 0) is 0 Å². The predicted molar refractivity (Wildman–Crippen MR) is 75.6 cm³/mol. The average molecular weight is 246 g/mol. The fourth-order valence-corrected chi connectivity index (χ4v) is 8.79. The van der Waals surface area contributed by atoms with Crippen LogP contribution in [0.15, 0.2) is 12.2 Å². The first-order chi connectivity index (χ1) is 8.04. The Kier molecular flexibility index (Phi) is 1.97. The molecule has 5 unspecified atom stereocenters. The molecule has 6 atom stereocenters. The van der Waals surface area contributed by atoms with E-state index in [0.717, 1.165) is 35.0 Å². The van der Waals surface area contributed by atoms with Gasteiger partial charge in [-0.1, -0.05) is 50.7 Å². The summed E-state index contributed by atoms with van der Waals surface area (Å²) in [5.41, 5.74) is 0.810. The molecule has 0 nitrogen and oxygen atoms in total. The summed E-state index contributed by atoms with van der Waals surface area (Å²) in [5, 5.41) is 0. The van der Waals surface area contributed by atoms with Gasteiger partial charge in [-0.2, -0.15) is 0 Å². The Bertz CT molecular complexity index is 377. The molecule has 0 aliphatic heterocycles. The highest BCUT2D eigenvalue weighted by molar-refractivity contribution is 6.76. The zero-order valence-electron chi connectivity index (χ0n) is 11.6. The van der Waals surface area contributed by atoms with Crippen LogP contribution in [-0.4, -0.2) is 8.07 Å². The smallest absolute Gasteiger partial charge is 0.0448 e. The molecule has 4 aliphatic rings. The van der Waals surface area contributed by atoms with Gasteiger partial charge < -0.3 is 0 Å². The Hall–Kier alpha value is -0.0431. The third-order valence-electron chi connectivity index (χ3n) is 6.30. The maximum absolute atomic E-state index is 2.65. The van der Waals surface area contributed by atoms with Crippen LogP contribution in [0.3, 0.4) is 0 Å². The van der Waals surface area contributed by atoms with E-state index in [1.54, 1.807) is 18.9 Å². The van der Waals surface area contributed by atoms with Crippen LogP contribution >= 0.6 is 0 Å². The van der Waals surface area contributed by atoms with Gasteiger partial charge >= 0.3 is 0 Å². The van der Waals surface area contributed by atoms with Crippen molar-refractivity contribution in [1.29, 1.82) is 0 Å². The van der Waals surface area contributed by atoms with E-state index in [-0.39, 0.29) is 0 Å². The molecule has 3 saturated carbocycles. The molecule has 3 fully saturated rings. The molecule has 0 aromatic carbocycles. The summed E-state index contributed by atoms with van der Waals surface area (Å²) in [6, 6.07) is 1.61. The van der Waals surface area contributed by atoms with Crippen molar-refractivity contribution in [3.05, 3.63) is 12.2 Å². The highest BCUT2D eigenvalue weighted by Gasteiger charge is 2.77. The van der Waals surface area contributed by atoms with E-state index in [0.29, 0.717) is 0 Å². The molecule has 1 heteroatoms. The highest BCUT2D eigenvalue weighted by Crippen LogP contribution is 2.82. The van der Waals surface area contributed by atoms with E-state index in [1.807, 2.05) is 0 Å². The van der Waals surface area contributed by atoms with Crippen LogP contribution in [0.2, 0.25) is 25.7 Å². The van der Waals surface area contributed by atoms with Crippen LogP contribution in [0.1, 0.15) is 25.7 Å². The van der Waals surface area contributed by atoms with Crippen LogP contribution in [0.4, 0.5) is 0 Å². The topological polar surface area (TPSA) is 0 Å². The van der Waals surface area contributed by atoms with Crippen molar-refractivity contribution in [2.24, 2.45) is 35.0 Å². The molecular formula is C16H26Si. The van der Waals surface area contributed by atoms with Crippen molar-refractivity contribution in [2.45, 2.75) is 51.4 Å². The molecule has 0 radical (unpaired) electrons. The van der Waals surface area contributed by atoms with Gasteiger partial charge in [0.2, 0.25) is 0 Å². The SMILES string of the molecule is C[Si](C)(C)C[C@]12C3C=CC1C2C1CCCCC13. The van der Waals surface area contributed by atoms with Crippen molar-refractivity contribution in [3.63, 3.8) is 0 Å². The average Bonchev–Trinajstić information content (AvgIpc) is 2.66. The number of fused-ring (bicyclic) bond motifs is 4. The van der Waals surface area contributed by atoms with E-state index >= 15 is 0 Å². The molecule has 0 saturated heterocycles. The quantitative estimate of drug-likeness (QED) is 0.495. The maximum atomic E-state index is 2.65. The summed E-state index contributed by atoms with van der Waals surface area (Å²) in [4.78, 5) is 0. The van der Waals surface area contributed by atoms with Crippen molar-refractivity contribution < 1.29 is 0 Å². The lowest BCUT2D eigenvalue weighted by Crippen LogP contribution is -2.30. The minimum Gasteiger partial charge on any atom is -0.0842 e. The zero-order valence-corrected chi connectivity index (χ0v) is 12.6. The molecule has 0 aromatic heterocycles. The van der Waals surface area contributed by atoms with Crippen molar-refractivity contribution >= 4 is 8.07 Å².